The number of sulfonamides is 1. The molecule has 0 aliphatic heterocycles. The lowest BCUT2D eigenvalue weighted by Crippen LogP contribution is -2.33. The molecular formula is C14H21NO4S2. The topological polar surface area (TPSA) is 71.5 Å². The summed E-state index contributed by atoms with van der Waals surface area (Å²) >= 11 is 0. The Balaban J connectivity index is 2.36. The molecule has 7 heteroatoms. The summed E-state index contributed by atoms with van der Waals surface area (Å²) < 4.78 is 50.0. The van der Waals surface area contributed by atoms with Crippen molar-refractivity contribution in [1.29, 1.82) is 0 Å². The monoisotopic (exact) mass is 331 g/mol. The lowest BCUT2D eigenvalue weighted by atomic mass is 10.4. The highest BCUT2D eigenvalue weighted by Gasteiger charge is 2.31. The lowest BCUT2D eigenvalue weighted by Gasteiger charge is -2.21. The van der Waals surface area contributed by atoms with E-state index in [0.29, 0.717) is 19.0 Å². The molecule has 2 rings (SSSR count). The van der Waals surface area contributed by atoms with Crippen molar-refractivity contribution in [3.63, 3.8) is 0 Å². The van der Waals surface area contributed by atoms with Gasteiger partial charge < -0.3 is 0 Å². The number of hydrogen-bond acceptors (Lipinski definition) is 4. The first kappa shape index (κ1) is 16.5. The van der Waals surface area contributed by atoms with Crippen LogP contribution in [0, 0.1) is 5.92 Å². The second-order valence-corrected chi connectivity index (χ2v) is 9.51. The van der Waals surface area contributed by atoms with Gasteiger partial charge in [-0.05, 0) is 43.4 Å². The molecule has 1 fully saturated rings. The molecule has 5 nitrogen and oxygen atoms in total. The molecule has 0 aromatic heterocycles. The van der Waals surface area contributed by atoms with Crippen LogP contribution >= 0.6 is 0 Å². The van der Waals surface area contributed by atoms with E-state index in [1.54, 1.807) is 0 Å². The van der Waals surface area contributed by atoms with E-state index in [2.05, 4.69) is 0 Å². The molecule has 0 bridgehead atoms. The summed E-state index contributed by atoms with van der Waals surface area (Å²) in [6, 6.07) is 5.60. The quantitative estimate of drug-likeness (QED) is 0.765. The Kier molecular flexibility index (Phi) is 4.75. The van der Waals surface area contributed by atoms with Crippen LogP contribution in [0.15, 0.2) is 34.1 Å². The van der Waals surface area contributed by atoms with Gasteiger partial charge in [0.2, 0.25) is 10.0 Å². The largest absolute Gasteiger partial charge is 0.243 e. The minimum absolute atomic E-state index is 0.0337. The Morgan fingerprint density at radius 3 is 2.29 bits per heavy atom. The van der Waals surface area contributed by atoms with E-state index in [9.17, 15) is 16.8 Å². The fourth-order valence-corrected chi connectivity index (χ4v) is 4.56. The molecule has 1 aromatic carbocycles. The highest BCUT2D eigenvalue weighted by molar-refractivity contribution is 7.91. The van der Waals surface area contributed by atoms with Gasteiger partial charge in [-0.15, -0.1) is 0 Å². The predicted octanol–water partition coefficient (Wildman–Crippen LogP) is 1.90. The minimum atomic E-state index is -3.63. The van der Waals surface area contributed by atoms with Crippen molar-refractivity contribution < 1.29 is 16.8 Å². The molecular weight excluding hydrogens is 310 g/mol. The molecule has 0 spiro atoms. The van der Waals surface area contributed by atoms with Crippen LogP contribution in [0.5, 0.6) is 0 Å². The summed E-state index contributed by atoms with van der Waals surface area (Å²) in [4.78, 5) is 0.0889. The summed E-state index contributed by atoms with van der Waals surface area (Å²) in [5.74, 6) is 0.449. The molecule has 0 amide bonds. The fourth-order valence-electron chi connectivity index (χ4n) is 2.16. The van der Waals surface area contributed by atoms with Crippen molar-refractivity contribution in [3.05, 3.63) is 24.3 Å². The molecule has 0 heterocycles. The van der Waals surface area contributed by atoms with Crippen molar-refractivity contribution in [2.24, 2.45) is 5.92 Å². The van der Waals surface area contributed by atoms with E-state index < -0.39 is 19.9 Å². The molecule has 1 aliphatic carbocycles. The van der Waals surface area contributed by atoms with E-state index in [1.807, 2.05) is 6.92 Å². The second-order valence-electron chi connectivity index (χ2n) is 5.55. The van der Waals surface area contributed by atoms with Crippen LogP contribution < -0.4 is 0 Å². The Bertz CT molecular complexity index is 706. The van der Waals surface area contributed by atoms with Crippen molar-refractivity contribution in [3.8, 4) is 0 Å². The third-order valence-corrected chi connectivity index (χ3v) is 6.47. The maximum Gasteiger partial charge on any atom is 0.243 e. The average molecular weight is 331 g/mol. The highest BCUT2D eigenvalue weighted by atomic mass is 32.2. The normalized spacial score (nSPS) is 16.3. The van der Waals surface area contributed by atoms with Gasteiger partial charge in [-0.25, -0.2) is 16.8 Å². The van der Waals surface area contributed by atoms with E-state index in [4.69, 9.17) is 0 Å². The molecule has 0 N–H and O–H groups in total. The third kappa shape index (κ3) is 4.05. The van der Waals surface area contributed by atoms with Crippen LogP contribution in [0.2, 0.25) is 0 Å². The maximum absolute atomic E-state index is 12.7. The molecule has 0 radical (unpaired) electrons. The predicted molar refractivity (Wildman–Crippen MR) is 81.3 cm³/mol. The maximum atomic E-state index is 12.7. The fraction of sp³-hybridized carbons (Fsp3) is 0.571. The molecule has 1 saturated carbocycles. The molecule has 0 unspecified atom stereocenters. The van der Waals surface area contributed by atoms with Crippen LogP contribution in [0.25, 0.3) is 0 Å². The molecule has 118 valence electrons. The van der Waals surface area contributed by atoms with Gasteiger partial charge in [0, 0.05) is 19.3 Å². The van der Waals surface area contributed by atoms with Crippen molar-refractivity contribution >= 4 is 19.9 Å². The van der Waals surface area contributed by atoms with Gasteiger partial charge in [-0.1, -0.05) is 13.0 Å². The molecule has 0 saturated heterocycles. The highest BCUT2D eigenvalue weighted by Crippen LogP contribution is 2.32. The Morgan fingerprint density at radius 2 is 1.76 bits per heavy atom. The molecule has 1 aromatic rings. The zero-order valence-electron chi connectivity index (χ0n) is 12.3. The van der Waals surface area contributed by atoms with E-state index >= 15 is 0 Å². The molecule has 21 heavy (non-hydrogen) atoms. The lowest BCUT2D eigenvalue weighted by molar-refractivity contribution is 0.395. The van der Waals surface area contributed by atoms with Crippen LogP contribution in [-0.2, 0) is 19.9 Å². The van der Waals surface area contributed by atoms with Gasteiger partial charge in [-0.2, -0.15) is 4.31 Å². The molecule has 1 aliphatic rings. The summed E-state index contributed by atoms with van der Waals surface area (Å²) in [6.45, 7) is 2.92. The number of rotatable bonds is 7. The minimum Gasteiger partial charge on any atom is -0.224 e. The van der Waals surface area contributed by atoms with E-state index in [1.165, 1.54) is 28.6 Å². The Labute approximate surface area is 126 Å². The number of hydrogen-bond donors (Lipinski definition) is 0. The third-order valence-electron chi connectivity index (χ3n) is 3.50. The summed E-state index contributed by atoms with van der Waals surface area (Å²) in [5.41, 5.74) is 0. The Hall–Kier alpha value is -0.920. The van der Waals surface area contributed by atoms with Gasteiger partial charge in [0.05, 0.1) is 9.79 Å². The van der Waals surface area contributed by atoms with Gasteiger partial charge in [-0.3, -0.25) is 0 Å². The smallest absolute Gasteiger partial charge is 0.224 e. The van der Waals surface area contributed by atoms with Gasteiger partial charge in [0.15, 0.2) is 9.84 Å². The van der Waals surface area contributed by atoms with Crippen molar-refractivity contribution in [2.45, 2.75) is 36.0 Å². The number of sulfone groups is 1. The summed E-state index contributed by atoms with van der Waals surface area (Å²) in [7, 11) is -7.05. The van der Waals surface area contributed by atoms with E-state index in [-0.39, 0.29) is 9.79 Å². The van der Waals surface area contributed by atoms with Crippen LogP contribution in [0.3, 0.4) is 0 Å². The van der Waals surface area contributed by atoms with Gasteiger partial charge in [0.25, 0.3) is 0 Å². The van der Waals surface area contributed by atoms with Crippen molar-refractivity contribution in [2.75, 3.05) is 19.3 Å². The van der Waals surface area contributed by atoms with Crippen LogP contribution in [0.4, 0.5) is 0 Å². The van der Waals surface area contributed by atoms with Crippen LogP contribution in [0.1, 0.15) is 26.2 Å². The molecule has 0 atom stereocenters. The van der Waals surface area contributed by atoms with Gasteiger partial charge >= 0.3 is 0 Å². The zero-order chi connectivity index (χ0) is 15.7. The Morgan fingerprint density at radius 1 is 1.14 bits per heavy atom. The van der Waals surface area contributed by atoms with Gasteiger partial charge in [0.1, 0.15) is 0 Å². The first-order chi connectivity index (χ1) is 9.75. The van der Waals surface area contributed by atoms with Crippen LogP contribution in [-0.4, -0.2) is 40.5 Å². The first-order valence-corrected chi connectivity index (χ1v) is 10.4. The van der Waals surface area contributed by atoms with Crippen molar-refractivity contribution in [1.82, 2.24) is 4.31 Å². The average Bonchev–Trinajstić information content (AvgIpc) is 3.21. The standard InChI is InChI=1S/C14H21NO4S2/c1-3-9-15(11-12-7-8-12)21(18,19)14-6-4-5-13(10-14)20(2,16)17/h4-6,10,12H,3,7-9,11H2,1-2H3. The zero-order valence-corrected chi connectivity index (χ0v) is 14.0. The number of nitrogens with zero attached hydrogens (tertiary/aromatic N) is 1. The SMILES string of the molecule is CCCN(CC1CC1)S(=O)(=O)c1cccc(S(C)(=O)=O)c1. The first-order valence-electron chi connectivity index (χ1n) is 7.05. The van der Waals surface area contributed by atoms with E-state index in [0.717, 1.165) is 25.5 Å². The summed E-state index contributed by atoms with van der Waals surface area (Å²) in [6.07, 6.45) is 3.95. The number of benzene rings is 1. The second kappa shape index (κ2) is 6.06. The summed E-state index contributed by atoms with van der Waals surface area (Å²) in [5, 5.41) is 0.